The molecule has 0 unspecified atom stereocenters. The first-order chi connectivity index (χ1) is 21.3. The number of nitrogens with zero attached hydrogens (tertiary/aromatic N) is 2. The number of para-hydroxylation sites is 1. The van der Waals surface area contributed by atoms with E-state index in [1.807, 2.05) is 54.6 Å². The van der Waals surface area contributed by atoms with Crippen molar-refractivity contribution in [1.29, 1.82) is 0 Å². The second-order valence-electron chi connectivity index (χ2n) is 11.3. The number of hydrogen-bond acceptors (Lipinski definition) is 6. The molecular weight excluding hydrogens is 550 g/mol. The van der Waals surface area contributed by atoms with Crippen molar-refractivity contribution in [2.45, 2.75) is 52.6 Å². The van der Waals surface area contributed by atoms with E-state index in [1.165, 1.54) is 11.1 Å². The summed E-state index contributed by atoms with van der Waals surface area (Å²) < 4.78 is 12.7. The van der Waals surface area contributed by atoms with E-state index in [2.05, 4.69) is 66.2 Å². The summed E-state index contributed by atoms with van der Waals surface area (Å²) in [5, 5.41) is 10.5. The summed E-state index contributed by atoms with van der Waals surface area (Å²) >= 11 is 0. The predicted molar refractivity (Wildman–Crippen MR) is 174 cm³/mol. The number of rotatable bonds is 14. The number of benzene rings is 4. The van der Waals surface area contributed by atoms with Crippen LogP contribution in [0.2, 0.25) is 0 Å². The Bertz CT molecular complexity index is 1720. The lowest BCUT2D eigenvalue weighted by Gasteiger charge is -2.26. The van der Waals surface area contributed by atoms with Gasteiger partial charge in [-0.1, -0.05) is 83.9 Å². The van der Waals surface area contributed by atoms with E-state index in [1.54, 1.807) is 6.20 Å². The van der Waals surface area contributed by atoms with Crippen molar-refractivity contribution in [2.24, 2.45) is 5.73 Å². The Morgan fingerprint density at radius 3 is 2.14 bits per heavy atom. The average Bonchev–Trinajstić information content (AvgIpc) is 3.02. The second-order valence-corrected chi connectivity index (χ2v) is 11.3. The number of aliphatic carboxylic acids is 1. The van der Waals surface area contributed by atoms with Crippen LogP contribution < -0.4 is 15.2 Å². The van der Waals surface area contributed by atoms with Crippen molar-refractivity contribution in [3.8, 4) is 11.5 Å². The first kappa shape index (κ1) is 30.7. The molecule has 1 atom stereocenters. The summed E-state index contributed by atoms with van der Waals surface area (Å²) in [4.78, 5) is 18.4. The minimum absolute atomic E-state index is 0.299. The van der Waals surface area contributed by atoms with Crippen molar-refractivity contribution in [2.75, 3.05) is 6.54 Å². The normalized spacial score (nSPS) is 11.9. The highest BCUT2D eigenvalue weighted by atomic mass is 16.5. The zero-order chi connectivity index (χ0) is 30.9. The first-order valence-electron chi connectivity index (χ1n) is 14.9. The molecule has 0 saturated carbocycles. The SMILES string of the molecule is Cc1cccc(COc2ccccc2CN(CC[C@H](N)C(=O)O)Cc2cc3ncccc3cc2OCc2cccc(C)c2)c1. The third-order valence-corrected chi connectivity index (χ3v) is 7.57. The second kappa shape index (κ2) is 14.6. The van der Waals surface area contributed by atoms with Gasteiger partial charge in [-0.05, 0) is 55.7 Å². The van der Waals surface area contributed by atoms with Gasteiger partial charge < -0.3 is 20.3 Å². The molecule has 0 spiro atoms. The van der Waals surface area contributed by atoms with Gasteiger partial charge in [0.1, 0.15) is 30.8 Å². The van der Waals surface area contributed by atoms with E-state index in [9.17, 15) is 9.90 Å². The maximum absolute atomic E-state index is 11.6. The number of aromatic nitrogens is 1. The fourth-order valence-corrected chi connectivity index (χ4v) is 5.24. The minimum Gasteiger partial charge on any atom is -0.489 e. The highest BCUT2D eigenvalue weighted by molar-refractivity contribution is 5.81. The molecule has 0 aliphatic heterocycles. The Kier molecular flexibility index (Phi) is 10.2. The molecule has 0 fully saturated rings. The van der Waals surface area contributed by atoms with Gasteiger partial charge in [-0.2, -0.15) is 0 Å². The topological polar surface area (TPSA) is 97.9 Å². The molecule has 226 valence electrons. The van der Waals surface area contributed by atoms with E-state index in [-0.39, 0.29) is 0 Å². The third-order valence-electron chi connectivity index (χ3n) is 7.57. The van der Waals surface area contributed by atoms with Gasteiger partial charge in [0.2, 0.25) is 0 Å². The van der Waals surface area contributed by atoms with Gasteiger partial charge in [0.15, 0.2) is 0 Å². The summed E-state index contributed by atoms with van der Waals surface area (Å²) in [6, 6.07) is 31.6. The highest BCUT2D eigenvalue weighted by Crippen LogP contribution is 2.29. The number of carbonyl (C=O) groups is 1. The summed E-state index contributed by atoms with van der Waals surface area (Å²) in [7, 11) is 0. The molecule has 0 bridgehead atoms. The van der Waals surface area contributed by atoms with Crippen LogP contribution in [-0.4, -0.2) is 33.5 Å². The summed E-state index contributed by atoms with van der Waals surface area (Å²) in [5.41, 5.74) is 13.3. The van der Waals surface area contributed by atoms with Crippen molar-refractivity contribution in [1.82, 2.24) is 9.88 Å². The molecule has 4 aromatic carbocycles. The van der Waals surface area contributed by atoms with Crippen LogP contribution in [0.5, 0.6) is 11.5 Å². The summed E-state index contributed by atoms with van der Waals surface area (Å²) in [6.07, 6.45) is 2.08. The molecule has 5 aromatic rings. The molecule has 7 nitrogen and oxygen atoms in total. The number of ether oxygens (including phenoxy) is 2. The highest BCUT2D eigenvalue weighted by Gasteiger charge is 2.18. The molecule has 3 N–H and O–H groups in total. The van der Waals surface area contributed by atoms with Crippen molar-refractivity contribution >= 4 is 16.9 Å². The van der Waals surface area contributed by atoms with Crippen LogP contribution in [0.3, 0.4) is 0 Å². The molecule has 1 aromatic heterocycles. The fourth-order valence-electron chi connectivity index (χ4n) is 5.24. The van der Waals surface area contributed by atoms with Gasteiger partial charge in [0.25, 0.3) is 0 Å². The van der Waals surface area contributed by atoms with E-state index < -0.39 is 12.0 Å². The Labute approximate surface area is 258 Å². The predicted octanol–water partition coefficient (Wildman–Crippen LogP) is 6.81. The molecule has 0 amide bonds. The van der Waals surface area contributed by atoms with E-state index >= 15 is 0 Å². The minimum atomic E-state index is -1.01. The van der Waals surface area contributed by atoms with Gasteiger partial charge in [0.05, 0.1) is 5.52 Å². The third kappa shape index (κ3) is 8.43. The smallest absolute Gasteiger partial charge is 0.320 e. The number of pyridine rings is 1. The van der Waals surface area contributed by atoms with Crippen LogP contribution in [0.4, 0.5) is 0 Å². The van der Waals surface area contributed by atoms with Crippen LogP contribution >= 0.6 is 0 Å². The zero-order valence-electron chi connectivity index (χ0n) is 25.3. The lowest BCUT2D eigenvalue weighted by Crippen LogP contribution is -2.35. The monoisotopic (exact) mass is 589 g/mol. The summed E-state index contributed by atoms with van der Waals surface area (Å²) in [6.45, 7) is 6.53. The van der Waals surface area contributed by atoms with Crippen LogP contribution in [0.15, 0.2) is 103 Å². The maximum atomic E-state index is 11.6. The number of nitrogens with two attached hydrogens (primary N) is 1. The van der Waals surface area contributed by atoms with Crippen molar-refractivity contribution in [3.05, 3.63) is 137 Å². The standard InChI is InChI=1S/C37H39N3O4/c1-26-8-5-10-28(18-26)24-43-35-14-4-3-12-31(35)22-40(17-15-33(38)37(41)42)23-32-20-34-30(13-7-16-39-34)21-36(32)44-25-29-11-6-9-27(2)19-29/h3-14,16,18-21,33H,15,17,22-25,38H2,1-2H3,(H,41,42)/t33-/m0/s1. The number of carboxylic acids is 1. The number of carboxylic acid groups (broad SMARTS) is 1. The lowest BCUT2D eigenvalue weighted by molar-refractivity contribution is -0.138. The average molecular weight is 590 g/mol. The van der Waals surface area contributed by atoms with Crippen LogP contribution in [0.1, 0.15) is 39.8 Å². The number of hydrogen-bond donors (Lipinski definition) is 2. The molecule has 0 aliphatic carbocycles. The zero-order valence-corrected chi connectivity index (χ0v) is 25.3. The molecular formula is C37H39N3O4. The van der Waals surface area contributed by atoms with Crippen LogP contribution in [-0.2, 0) is 31.1 Å². The fraction of sp³-hybridized carbons (Fsp3) is 0.243. The van der Waals surface area contributed by atoms with Crippen LogP contribution in [0, 0.1) is 13.8 Å². The Morgan fingerprint density at radius 1 is 0.795 bits per heavy atom. The number of aryl methyl sites for hydroxylation is 2. The van der Waals surface area contributed by atoms with E-state index in [4.69, 9.17) is 15.2 Å². The first-order valence-corrected chi connectivity index (χ1v) is 14.9. The lowest BCUT2D eigenvalue weighted by atomic mass is 10.1. The Morgan fingerprint density at radius 2 is 1.45 bits per heavy atom. The van der Waals surface area contributed by atoms with Gasteiger partial charge >= 0.3 is 5.97 Å². The van der Waals surface area contributed by atoms with Crippen molar-refractivity contribution in [3.63, 3.8) is 0 Å². The molecule has 0 aliphatic rings. The Balaban J connectivity index is 1.42. The molecule has 1 heterocycles. The van der Waals surface area contributed by atoms with Gasteiger partial charge in [-0.25, -0.2) is 0 Å². The number of fused-ring (bicyclic) bond motifs is 1. The quantitative estimate of drug-likeness (QED) is 0.147. The molecule has 0 saturated heterocycles. The van der Waals surface area contributed by atoms with Gasteiger partial charge in [-0.15, -0.1) is 0 Å². The van der Waals surface area contributed by atoms with Gasteiger partial charge in [-0.3, -0.25) is 14.7 Å². The Hall–Kier alpha value is -4.72. The summed E-state index contributed by atoms with van der Waals surface area (Å²) in [5.74, 6) is 0.546. The molecule has 5 rings (SSSR count). The molecule has 44 heavy (non-hydrogen) atoms. The molecule has 0 radical (unpaired) electrons. The van der Waals surface area contributed by atoms with E-state index in [0.717, 1.165) is 44.7 Å². The van der Waals surface area contributed by atoms with Crippen molar-refractivity contribution < 1.29 is 19.4 Å². The molecule has 7 heteroatoms. The van der Waals surface area contributed by atoms with Crippen LogP contribution in [0.25, 0.3) is 10.9 Å². The van der Waals surface area contributed by atoms with Gasteiger partial charge in [0, 0.05) is 42.3 Å². The maximum Gasteiger partial charge on any atom is 0.320 e. The largest absolute Gasteiger partial charge is 0.489 e. The van der Waals surface area contributed by atoms with E-state index in [0.29, 0.717) is 39.3 Å².